The van der Waals surface area contributed by atoms with E-state index < -0.39 is 0 Å². The van der Waals surface area contributed by atoms with Crippen LogP contribution in [0.3, 0.4) is 0 Å². The first kappa shape index (κ1) is 24.2. The van der Waals surface area contributed by atoms with Crippen LogP contribution >= 0.6 is 0 Å². The van der Waals surface area contributed by atoms with Crippen LogP contribution in [0.2, 0.25) is 0 Å². The maximum absolute atomic E-state index is 13.2. The largest absolute Gasteiger partial charge is 0.320 e. The molecule has 0 aliphatic carbocycles. The number of nitrogens with zero attached hydrogens (tertiary/aromatic N) is 1. The zero-order valence-electron chi connectivity index (χ0n) is 21.3. The van der Waals surface area contributed by atoms with Gasteiger partial charge in [-0.2, -0.15) is 0 Å². The number of nitrogens with one attached hydrogen (secondary N) is 3. The maximum Gasteiger partial charge on any atom is 0.279 e. The lowest BCUT2D eigenvalue weighted by molar-refractivity contribution is -1.02. The van der Waals surface area contributed by atoms with Crippen molar-refractivity contribution >= 4 is 22.5 Å². The van der Waals surface area contributed by atoms with E-state index in [0.717, 1.165) is 60.4 Å². The van der Waals surface area contributed by atoms with Gasteiger partial charge in [0.15, 0.2) is 6.54 Å². The maximum atomic E-state index is 13.2. The minimum absolute atomic E-state index is 0.0811. The van der Waals surface area contributed by atoms with Crippen molar-refractivity contribution in [1.29, 1.82) is 0 Å². The Morgan fingerprint density at radius 1 is 0.861 bits per heavy atom. The molecule has 4 aromatic rings. The van der Waals surface area contributed by atoms with Crippen LogP contribution in [-0.2, 0) is 11.2 Å². The number of hydrogen-bond donors (Lipinski definition) is 3. The van der Waals surface area contributed by atoms with Crippen molar-refractivity contribution in [2.45, 2.75) is 26.3 Å². The molecule has 5 nitrogen and oxygen atoms in total. The molecule has 1 aromatic heterocycles. The molecule has 0 spiro atoms. The molecule has 3 N–H and O–H groups in total. The summed E-state index contributed by atoms with van der Waals surface area (Å²) in [7, 11) is 0. The number of amides is 1. The number of piperazine rings is 1. The van der Waals surface area contributed by atoms with E-state index in [1.54, 1.807) is 4.90 Å². The van der Waals surface area contributed by atoms with Gasteiger partial charge in [-0.15, -0.1) is 0 Å². The Kier molecular flexibility index (Phi) is 7.40. The second-order valence-corrected chi connectivity index (χ2v) is 9.82. The van der Waals surface area contributed by atoms with Gasteiger partial charge in [0.05, 0.1) is 11.2 Å². The highest BCUT2D eigenvalue weighted by Gasteiger charge is 2.32. The highest BCUT2D eigenvalue weighted by atomic mass is 16.2. The van der Waals surface area contributed by atoms with Gasteiger partial charge >= 0.3 is 0 Å². The normalized spacial score (nSPS) is 17.9. The number of carbonyl (C=O) groups is 1. The second kappa shape index (κ2) is 11.0. The van der Waals surface area contributed by atoms with Crippen molar-refractivity contribution < 1.29 is 14.6 Å². The Hall–Kier alpha value is -3.54. The standard InChI is InChI=1S/C31H34N4O/c1-3-27-23(2)30(26-16-10-11-17-28(26)32-27)33-29(36)22-34-18-20-35(21-19-34)31(24-12-6-4-7-13-24)25-14-8-5-9-15-25/h4-17,31H,3,18-22H2,1-2H3,(H,32,33,36)/p+2. The lowest BCUT2D eigenvalue weighted by Gasteiger charge is -2.35. The van der Waals surface area contributed by atoms with E-state index in [-0.39, 0.29) is 5.91 Å². The van der Waals surface area contributed by atoms with Crippen molar-refractivity contribution in [3.8, 4) is 0 Å². The zero-order valence-corrected chi connectivity index (χ0v) is 21.3. The minimum atomic E-state index is 0.0811. The fourth-order valence-corrected chi connectivity index (χ4v) is 5.62. The highest BCUT2D eigenvalue weighted by Crippen LogP contribution is 2.28. The number of pyridine rings is 1. The summed E-state index contributed by atoms with van der Waals surface area (Å²) in [6.45, 7) is 8.70. The molecule has 0 atom stereocenters. The fraction of sp³-hybridized carbons (Fsp3) is 0.290. The van der Waals surface area contributed by atoms with Crippen LogP contribution < -0.4 is 15.1 Å². The number of carbonyl (C=O) groups excluding carboxylic acids is 1. The average molecular weight is 481 g/mol. The molecule has 1 amide bonds. The molecule has 1 saturated heterocycles. The average Bonchev–Trinajstić information content (AvgIpc) is 2.92. The van der Waals surface area contributed by atoms with Gasteiger partial charge in [0.25, 0.3) is 5.91 Å². The third-order valence-electron chi connectivity index (χ3n) is 7.52. The van der Waals surface area contributed by atoms with Crippen LogP contribution in [0, 0.1) is 6.92 Å². The van der Waals surface area contributed by atoms with E-state index in [1.165, 1.54) is 16.0 Å². The first-order chi connectivity index (χ1) is 17.6. The quantitative estimate of drug-likeness (QED) is 0.381. The summed E-state index contributed by atoms with van der Waals surface area (Å²) in [6.07, 6.45) is 0.847. The molecular weight excluding hydrogens is 444 g/mol. The molecule has 3 aromatic carbocycles. The van der Waals surface area contributed by atoms with Gasteiger partial charge in [0.1, 0.15) is 32.2 Å². The Labute approximate surface area is 213 Å². The number of fused-ring (bicyclic) bond motifs is 1. The van der Waals surface area contributed by atoms with E-state index in [1.807, 2.05) is 24.3 Å². The molecular formula is C31H36N4O+2. The molecule has 0 saturated carbocycles. The predicted octanol–water partition coefficient (Wildman–Crippen LogP) is 2.62. The van der Waals surface area contributed by atoms with E-state index in [9.17, 15) is 4.79 Å². The number of quaternary nitrogens is 2. The molecule has 0 unspecified atom stereocenters. The summed E-state index contributed by atoms with van der Waals surface area (Å²) >= 11 is 0. The van der Waals surface area contributed by atoms with E-state index in [0.29, 0.717) is 12.6 Å². The number of aromatic nitrogens is 1. The number of aryl methyl sites for hydroxylation is 1. The molecule has 1 aliphatic heterocycles. The number of benzene rings is 3. The Morgan fingerprint density at radius 2 is 1.44 bits per heavy atom. The van der Waals surface area contributed by atoms with E-state index in [2.05, 4.69) is 79.8 Å². The lowest BCUT2D eigenvalue weighted by Crippen LogP contribution is -3.28. The van der Waals surface area contributed by atoms with Crippen molar-refractivity contribution in [2.75, 3.05) is 38.0 Å². The van der Waals surface area contributed by atoms with E-state index in [4.69, 9.17) is 4.98 Å². The summed E-state index contributed by atoms with van der Waals surface area (Å²) in [5, 5.41) is 4.27. The summed E-state index contributed by atoms with van der Waals surface area (Å²) < 4.78 is 0. The predicted molar refractivity (Wildman–Crippen MR) is 145 cm³/mol. The summed E-state index contributed by atoms with van der Waals surface area (Å²) in [4.78, 5) is 20.9. The third-order valence-corrected chi connectivity index (χ3v) is 7.52. The van der Waals surface area contributed by atoms with Crippen LogP contribution in [0.4, 0.5) is 5.69 Å². The van der Waals surface area contributed by atoms with Gasteiger partial charge in [0, 0.05) is 22.2 Å². The minimum Gasteiger partial charge on any atom is -0.320 e. The first-order valence-electron chi connectivity index (χ1n) is 13.1. The van der Waals surface area contributed by atoms with Gasteiger partial charge in [-0.1, -0.05) is 85.8 Å². The summed E-state index contributed by atoms with van der Waals surface area (Å²) in [6, 6.07) is 30.0. The van der Waals surface area contributed by atoms with Gasteiger partial charge in [-0.3, -0.25) is 9.78 Å². The molecule has 0 bridgehead atoms. The number of hydrogen-bond acceptors (Lipinski definition) is 2. The molecule has 184 valence electrons. The molecule has 36 heavy (non-hydrogen) atoms. The zero-order chi connectivity index (χ0) is 24.9. The molecule has 5 rings (SSSR count). The van der Waals surface area contributed by atoms with Crippen LogP contribution in [-0.4, -0.2) is 43.6 Å². The first-order valence-corrected chi connectivity index (χ1v) is 13.1. The van der Waals surface area contributed by atoms with Gasteiger partial charge < -0.3 is 15.1 Å². The molecule has 2 heterocycles. The Balaban J connectivity index is 1.27. The van der Waals surface area contributed by atoms with Gasteiger partial charge in [-0.05, 0) is 25.0 Å². The number of anilines is 1. The topological polar surface area (TPSA) is 50.9 Å². The molecule has 0 radical (unpaired) electrons. The number of rotatable bonds is 7. The lowest BCUT2D eigenvalue weighted by atomic mass is 9.96. The third kappa shape index (κ3) is 5.18. The molecule has 1 aliphatic rings. The SMILES string of the molecule is CCc1nc2ccccc2c(NC(=O)C[NH+]2CC[NH+](C(c3ccccc3)c3ccccc3)CC2)c1C. The van der Waals surface area contributed by atoms with Crippen LogP contribution in [0.5, 0.6) is 0 Å². The monoisotopic (exact) mass is 480 g/mol. The highest BCUT2D eigenvalue weighted by molar-refractivity contribution is 6.02. The summed E-state index contributed by atoms with van der Waals surface area (Å²) in [5.41, 5.74) is 6.68. The molecule has 1 fully saturated rings. The van der Waals surface area contributed by atoms with Gasteiger partial charge in [0.2, 0.25) is 0 Å². The van der Waals surface area contributed by atoms with Crippen molar-refractivity contribution in [2.24, 2.45) is 0 Å². The van der Waals surface area contributed by atoms with E-state index >= 15 is 0 Å². The Bertz CT molecular complexity index is 1280. The van der Waals surface area contributed by atoms with Crippen molar-refractivity contribution in [3.05, 3.63) is 107 Å². The Morgan fingerprint density at radius 3 is 2.06 bits per heavy atom. The fourth-order valence-electron chi connectivity index (χ4n) is 5.62. The van der Waals surface area contributed by atoms with Crippen molar-refractivity contribution in [3.63, 3.8) is 0 Å². The smallest absolute Gasteiger partial charge is 0.279 e. The summed E-state index contributed by atoms with van der Waals surface area (Å²) in [5.74, 6) is 0.0811. The van der Waals surface area contributed by atoms with Crippen LogP contribution in [0.1, 0.15) is 35.3 Å². The van der Waals surface area contributed by atoms with Crippen LogP contribution in [0.25, 0.3) is 10.9 Å². The number of para-hydroxylation sites is 1. The molecule has 5 heteroatoms. The van der Waals surface area contributed by atoms with Gasteiger partial charge in [-0.25, -0.2) is 0 Å². The van der Waals surface area contributed by atoms with Crippen LogP contribution in [0.15, 0.2) is 84.9 Å². The van der Waals surface area contributed by atoms with Crippen molar-refractivity contribution in [1.82, 2.24) is 4.98 Å². The second-order valence-electron chi connectivity index (χ2n) is 9.82.